The van der Waals surface area contributed by atoms with Crippen LogP contribution in [0.5, 0.6) is 0 Å². The van der Waals surface area contributed by atoms with Crippen LogP contribution in [0.4, 0.5) is 4.39 Å². The maximum Gasteiger partial charge on any atom is 0.194 e. The summed E-state index contributed by atoms with van der Waals surface area (Å²) in [6, 6.07) is 2.88. The van der Waals surface area contributed by atoms with Gasteiger partial charge in [0.15, 0.2) is 11.6 Å². The number of Topliss-reactive ketones (excluding diaryl/α,β-unsaturated/α-hetero) is 1. The van der Waals surface area contributed by atoms with Crippen molar-refractivity contribution in [3.8, 4) is 0 Å². The largest absolute Gasteiger partial charge is 0.385 e. The van der Waals surface area contributed by atoms with Crippen LogP contribution < -0.4 is 0 Å². The van der Waals surface area contributed by atoms with Gasteiger partial charge in [-0.3, -0.25) is 4.79 Å². The van der Waals surface area contributed by atoms with E-state index in [1.807, 2.05) is 0 Å². The Labute approximate surface area is 125 Å². The number of carbonyl (C=O) groups is 1. The van der Waals surface area contributed by atoms with Gasteiger partial charge in [-0.05, 0) is 46.8 Å². The number of hydrogen-bond acceptors (Lipinski definition) is 2. The molecule has 5 heteroatoms. The maximum atomic E-state index is 13.9. The fourth-order valence-electron chi connectivity index (χ4n) is 2.54. The van der Waals surface area contributed by atoms with Crippen molar-refractivity contribution >= 4 is 33.3 Å². The Bertz CT molecular complexity index is 487. The predicted octanol–water partition coefficient (Wildman–Crippen LogP) is 4.37. The third-order valence-corrected chi connectivity index (χ3v) is 4.92. The molecule has 1 fully saturated rings. The first-order chi connectivity index (χ1) is 9.02. The average molecular weight is 350 g/mol. The zero-order valence-corrected chi connectivity index (χ0v) is 12.7. The normalized spacial score (nSPS) is 18.3. The number of rotatable bonds is 3. The molecule has 0 heterocycles. The molecule has 1 aliphatic carbocycles. The van der Waals surface area contributed by atoms with Crippen LogP contribution in [0.1, 0.15) is 42.5 Å². The summed E-state index contributed by atoms with van der Waals surface area (Å²) in [6.45, 7) is 0. The molecule has 19 heavy (non-hydrogen) atoms. The van der Waals surface area contributed by atoms with Gasteiger partial charge >= 0.3 is 0 Å². The Morgan fingerprint density at radius 3 is 2.63 bits per heavy atom. The molecule has 1 unspecified atom stereocenters. The molecule has 0 aliphatic heterocycles. The van der Waals surface area contributed by atoms with Crippen molar-refractivity contribution in [3.63, 3.8) is 0 Å². The standard InChI is InChI=1S/C14H15BrClFO2/c15-10-7-6-9(12(17)11(10)16)14(19)13(18)8-4-2-1-3-5-8/h6-8,13,18H,1-5H2. The molecule has 1 atom stereocenters. The van der Waals surface area contributed by atoms with E-state index in [0.717, 1.165) is 32.1 Å². The Hall–Kier alpha value is -0.450. The van der Waals surface area contributed by atoms with E-state index in [0.29, 0.717) is 4.47 Å². The first-order valence-corrected chi connectivity index (χ1v) is 7.55. The second-order valence-electron chi connectivity index (χ2n) is 4.93. The van der Waals surface area contributed by atoms with Crippen LogP contribution in [-0.4, -0.2) is 17.0 Å². The minimum absolute atomic E-state index is 0.0666. The number of aliphatic hydroxyl groups excluding tert-OH is 1. The Morgan fingerprint density at radius 1 is 1.37 bits per heavy atom. The van der Waals surface area contributed by atoms with Crippen LogP contribution in [0, 0.1) is 11.7 Å². The molecule has 2 rings (SSSR count). The van der Waals surface area contributed by atoms with E-state index in [1.54, 1.807) is 0 Å². The molecular weight excluding hydrogens is 335 g/mol. The van der Waals surface area contributed by atoms with E-state index < -0.39 is 17.7 Å². The van der Waals surface area contributed by atoms with Gasteiger partial charge in [0.1, 0.15) is 6.10 Å². The molecule has 0 saturated heterocycles. The Balaban J connectivity index is 2.21. The van der Waals surface area contributed by atoms with E-state index in [9.17, 15) is 14.3 Å². The van der Waals surface area contributed by atoms with Crippen LogP contribution >= 0.6 is 27.5 Å². The molecule has 1 aromatic carbocycles. The van der Waals surface area contributed by atoms with Gasteiger partial charge in [-0.25, -0.2) is 4.39 Å². The maximum absolute atomic E-state index is 13.9. The lowest BCUT2D eigenvalue weighted by Gasteiger charge is -2.25. The third kappa shape index (κ3) is 3.18. The van der Waals surface area contributed by atoms with Gasteiger partial charge in [0.2, 0.25) is 0 Å². The lowest BCUT2D eigenvalue weighted by atomic mass is 9.82. The molecular formula is C14H15BrClFO2. The molecule has 104 valence electrons. The number of hydrogen-bond donors (Lipinski definition) is 1. The van der Waals surface area contributed by atoms with E-state index in [-0.39, 0.29) is 16.5 Å². The van der Waals surface area contributed by atoms with Gasteiger partial charge in [-0.1, -0.05) is 30.9 Å². The molecule has 1 aliphatic rings. The summed E-state index contributed by atoms with van der Waals surface area (Å²) in [5, 5.41) is 9.99. The van der Waals surface area contributed by atoms with E-state index in [1.165, 1.54) is 12.1 Å². The lowest BCUT2D eigenvalue weighted by molar-refractivity contribution is 0.0530. The number of aliphatic hydroxyl groups is 1. The average Bonchev–Trinajstić information content (AvgIpc) is 2.44. The van der Waals surface area contributed by atoms with Crippen molar-refractivity contribution in [2.24, 2.45) is 5.92 Å². The first-order valence-electron chi connectivity index (χ1n) is 6.38. The smallest absolute Gasteiger partial charge is 0.194 e. The molecule has 1 N–H and O–H groups in total. The first kappa shape index (κ1) is 14.9. The fourth-order valence-corrected chi connectivity index (χ4v) is 3.01. The van der Waals surface area contributed by atoms with Crippen LogP contribution in [0.25, 0.3) is 0 Å². The van der Waals surface area contributed by atoms with Crippen LogP contribution in [0.3, 0.4) is 0 Å². The summed E-state index contributed by atoms with van der Waals surface area (Å²) < 4.78 is 14.3. The summed E-state index contributed by atoms with van der Waals surface area (Å²) in [5.74, 6) is -1.40. The topological polar surface area (TPSA) is 37.3 Å². The Morgan fingerprint density at radius 2 is 2.00 bits per heavy atom. The minimum Gasteiger partial charge on any atom is -0.385 e. The van der Waals surface area contributed by atoms with Crippen LogP contribution in [0.2, 0.25) is 5.02 Å². The zero-order valence-electron chi connectivity index (χ0n) is 10.3. The predicted molar refractivity (Wildman–Crippen MR) is 76.0 cm³/mol. The molecule has 1 saturated carbocycles. The summed E-state index contributed by atoms with van der Waals surface area (Å²) in [4.78, 5) is 12.2. The van der Waals surface area contributed by atoms with Crippen molar-refractivity contribution in [3.05, 3.63) is 33.0 Å². The second kappa shape index (κ2) is 6.33. The van der Waals surface area contributed by atoms with Gasteiger partial charge in [-0.2, -0.15) is 0 Å². The SMILES string of the molecule is O=C(c1ccc(Br)c(Cl)c1F)C(O)C1CCCCC1. The minimum atomic E-state index is -1.13. The Kier molecular flexibility index (Phi) is 4.98. The van der Waals surface area contributed by atoms with Gasteiger partial charge in [0.25, 0.3) is 0 Å². The van der Waals surface area contributed by atoms with Crippen molar-refractivity contribution in [1.29, 1.82) is 0 Å². The van der Waals surface area contributed by atoms with E-state index >= 15 is 0 Å². The summed E-state index contributed by atoms with van der Waals surface area (Å²) in [6.07, 6.45) is 3.66. The number of benzene rings is 1. The van der Waals surface area contributed by atoms with Crippen molar-refractivity contribution < 1.29 is 14.3 Å². The molecule has 0 amide bonds. The van der Waals surface area contributed by atoms with Crippen molar-refractivity contribution in [2.45, 2.75) is 38.2 Å². The molecule has 0 bridgehead atoms. The third-order valence-electron chi connectivity index (χ3n) is 3.67. The van der Waals surface area contributed by atoms with Gasteiger partial charge < -0.3 is 5.11 Å². The second-order valence-corrected chi connectivity index (χ2v) is 6.16. The molecule has 1 aromatic rings. The zero-order chi connectivity index (χ0) is 14.0. The number of halogens is 3. The van der Waals surface area contributed by atoms with Gasteiger partial charge in [0.05, 0.1) is 10.6 Å². The molecule has 0 spiro atoms. The summed E-state index contributed by atoms with van der Waals surface area (Å²) >= 11 is 8.86. The van der Waals surface area contributed by atoms with Crippen LogP contribution in [-0.2, 0) is 0 Å². The van der Waals surface area contributed by atoms with E-state index in [4.69, 9.17) is 11.6 Å². The quantitative estimate of drug-likeness (QED) is 0.650. The van der Waals surface area contributed by atoms with Gasteiger partial charge in [-0.15, -0.1) is 0 Å². The molecule has 2 nitrogen and oxygen atoms in total. The number of ketones is 1. The summed E-state index contributed by atoms with van der Waals surface area (Å²) in [5.41, 5.74) is -0.133. The number of carbonyl (C=O) groups excluding carboxylic acids is 1. The fraction of sp³-hybridized carbons (Fsp3) is 0.500. The van der Waals surface area contributed by atoms with Gasteiger partial charge in [0, 0.05) is 4.47 Å². The van der Waals surface area contributed by atoms with Crippen molar-refractivity contribution in [1.82, 2.24) is 0 Å². The van der Waals surface area contributed by atoms with Crippen LogP contribution in [0.15, 0.2) is 16.6 Å². The highest BCUT2D eigenvalue weighted by atomic mass is 79.9. The van der Waals surface area contributed by atoms with E-state index in [2.05, 4.69) is 15.9 Å². The lowest BCUT2D eigenvalue weighted by Crippen LogP contribution is -2.31. The molecule has 0 aromatic heterocycles. The molecule has 0 radical (unpaired) electrons. The summed E-state index contributed by atoms with van der Waals surface area (Å²) in [7, 11) is 0. The highest BCUT2D eigenvalue weighted by Gasteiger charge is 2.30. The highest BCUT2D eigenvalue weighted by Crippen LogP contribution is 2.31. The van der Waals surface area contributed by atoms with Crippen molar-refractivity contribution in [2.75, 3.05) is 0 Å². The monoisotopic (exact) mass is 348 g/mol. The highest BCUT2D eigenvalue weighted by molar-refractivity contribution is 9.10.